The van der Waals surface area contributed by atoms with Crippen LogP contribution in [0.5, 0.6) is 0 Å². The summed E-state index contributed by atoms with van der Waals surface area (Å²) >= 11 is 0. The molecular formula is C27H28N2O4S. The number of rotatable bonds is 4. The zero-order valence-electron chi connectivity index (χ0n) is 19.5. The molecule has 0 amide bonds. The summed E-state index contributed by atoms with van der Waals surface area (Å²) < 4.78 is 34.8. The van der Waals surface area contributed by atoms with Gasteiger partial charge in [0.05, 0.1) is 30.3 Å². The van der Waals surface area contributed by atoms with E-state index in [2.05, 4.69) is 4.90 Å². The van der Waals surface area contributed by atoms with Crippen molar-refractivity contribution in [3.8, 4) is 0 Å². The second-order valence-corrected chi connectivity index (χ2v) is 11.1. The third-order valence-corrected chi connectivity index (χ3v) is 9.08. The van der Waals surface area contributed by atoms with Crippen molar-refractivity contribution in [2.24, 2.45) is 5.41 Å². The average molecular weight is 477 g/mol. The number of fused-ring (bicyclic) bond motifs is 3. The molecular weight excluding hydrogens is 448 g/mol. The van der Waals surface area contributed by atoms with Crippen LogP contribution in [0.15, 0.2) is 83.8 Å². The van der Waals surface area contributed by atoms with Crippen molar-refractivity contribution in [1.82, 2.24) is 4.90 Å². The van der Waals surface area contributed by atoms with Crippen molar-refractivity contribution < 1.29 is 17.9 Å². The second kappa shape index (κ2) is 8.25. The highest BCUT2D eigenvalue weighted by Crippen LogP contribution is 2.60. The molecule has 0 N–H and O–H groups in total. The Morgan fingerprint density at radius 2 is 1.62 bits per heavy atom. The summed E-state index contributed by atoms with van der Waals surface area (Å²) in [6.07, 6.45) is 0. The molecule has 2 heterocycles. The van der Waals surface area contributed by atoms with Gasteiger partial charge in [-0.2, -0.15) is 0 Å². The van der Waals surface area contributed by atoms with Gasteiger partial charge < -0.3 is 4.74 Å². The first-order valence-electron chi connectivity index (χ1n) is 11.3. The minimum absolute atomic E-state index is 0.00145. The highest BCUT2D eigenvalue weighted by Gasteiger charge is 2.64. The Kier molecular flexibility index (Phi) is 5.49. The molecule has 1 saturated heterocycles. The number of carbonyl (C=O) groups excluding carboxylic acids is 1. The standard InChI is InChI=1S/C27H28N2O4S/c1-19-13-15-21(16-14-19)34(31,32)29-18-27(26(30)33-3)23(20-9-5-4-6-10-20)17-28(2)25(27)22-11-7-8-12-24(22)29/h4-16,23,25H,17-18H2,1-3H3/t23-,25+,27-/m0/s1. The number of aryl methyl sites for hydroxylation is 1. The highest BCUT2D eigenvalue weighted by molar-refractivity contribution is 7.92. The summed E-state index contributed by atoms with van der Waals surface area (Å²) in [7, 11) is -0.552. The fourth-order valence-corrected chi connectivity index (χ4v) is 7.31. The summed E-state index contributed by atoms with van der Waals surface area (Å²) in [5.74, 6) is -0.630. The van der Waals surface area contributed by atoms with Gasteiger partial charge in [-0.1, -0.05) is 66.2 Å². The molecule has 176 valence electrons. The van der Waals surface area contributed by atoms with Crippen molar-refractivity contribution in [3.63, 3.8) is 0 Å². The van der Waals surface area contributed by atoms with Gasteiger partial charge in [0.25, 0.3) is 10.0 Å². The monoisotopic (exact) mass is 476 g/mol. The van der Waals surface area contributed by atoms with Crippen LogP contribution in [-0.2, 0) is 19.6 Å². The van der Waals surface area contributed by atoms with E-state index in [1.807, 2.05) is 68.6 Å². The van der Waals surface area contributed by atoms with Crippen LogP contribution in [0, 0.1) is 12.3 Å². The topological polar surface area (TPSA) is 66.9 Å². The van der Waals surface area contributed by atoms with Crippen LogP contribution in [0.1, 0.15) is 28.7 Å². The van der Waals surface area contributed by atoms with E-state index in [1.165, 1.54) is 11.4 Å². The fourth-order valence-electron chi connectivity index (χ4n) is 5.77. The van der Waals surface area contributed by atoms with Crippen LogP contribution in [0.25, 0.3) is 0 Å². The van der Waals surface area contributed by atoms with E-state index in [-0.39, 0.29) is 23.4 Å². The van der Waals surface area contributed by atoms with Crippen LogP contribution in [0.3, 0.4) is 0 Å². The normalized spacial score (nSPS) is 24.4. The minimum Gasteiger partial charge on any atom is -0.468 e. The van der Waals surface area contributed by atoms with Gasteiger partial charge in [0.1, 0.15) is 5.41 Å². The Balaban J connectivity index is 1.75. The number of likely N-dealkylation sites (tertiary alicyclic amines) is 1. The maximum atomic E-state index is 14.0. The molecule has 0 radical (unpaired) electrons. The number of nitrogens with zero attached hydrogens (tertiary/aromatic N) is 2. The van der Waals surface area contributed by atoms with Crippen molar-refractivity contribution in [2.75, 3.05) is 31.6 Å². The van der Waals surface area contributed by atoms with Crippen LogP contribution in [-0.4, -0.2) is 46.5 Å². The molecule has 0 aromatic heterocycles. The molecule has 0 aliphatic carbocycles. The van der Waals surface area contributed by atoms with E-state index in [0.717, 1.165) is 16.7 Å². The van der Waals surface area contributed by atoms with Gasteiger partial charge in [-0.3, -0.25) is 14.0 Å². The summed E-state index contributed by atoms with van der Waals surface area (Å²) in [6.45, 7) is 2.53. The maximum absolute atomic E-state index is 14.0. The largest absolute Gasteiger partial charge is 0.468 e. The molecule has 0 saturated carbocycles. The number of anilines is 1. The third kappa shape index (κ3) is 3.26. The lowest BCUT2D eigenvalue weighted by Crippen LogP contribution is -2.54. The minimum atomic E-state index is -3.93. The summed E-state index contributed by atoms with van der Waals surface area (Å²) in [5.41, 5.74) is 2.29. The van der Waals surface area contributed by atoms with Crippen LogP contribution >= 0.6 is 0 Å². The van der Waals surface area contributed by atoms with Gasteiger partial charge in [0.15, 0.2) is 0 Å². The van der Waals surface area contributed by atoms with Crippen molar-refractivity contribution in [1.29, 1.82) is 0 Å². The molecule has 2 aliphatic rings. The number of sulfonamides is 1. The predicted molar refractivity (Wildman–Crippen MR) is 131 cm³/mol. The molecule has 0 spiro atoms. The molecule has 5 rings (SSSR count). The number of carbonyl (C=O) groups is 1. The lowest BCUT2D eigenvalue weighted by molar-refractivity contribution is -0.155. The molecule has 3 atom stereocenters. The molecule has 3 aromatic carbocycles. The number of hydrogen-bond donors (Lipinski definition) is 0. The van der Waals surface area contributed by atoms with Crippen LogP contribution < -0.4 is 4.31 Å². The lowest BCUT2D eigenvalue weighted by Gasteiger charge is -2.47. The molecule has 2 aliphatic heterocycles. The van der Waals surface area contributed by atoms with Gasteiger partial charge in [-0.25, -0.2) is 8.42 Å². The first-order chi connectivity index (χ1) is 16.3. The molecule has 1 fully saturated rings. The molecule has 0 bridgehead atoms. The number of para-hydroxylation sites is 1. The first-order valence-corrected chi connectivity index (χ1v) is 12.8. The quantitative estimate of drug-likeness (QED) is 0.530. The van der Waals surface area contributed by atoms with E-state index in [0.29, 0.717) is 12.2 Å². The Bertz CT molecular complexity index is 1320. The molecule has 34 heavy (non-hydrogen) atoms. The summed E-state index contributed by atoms with van der Waals surface area (Å²) in [5, 5.41) is 0. The van der Waals surface area contributed by atoms with Crippen molar-refractivity contribution in [3.05, 3.63) is 95.6 Å². The van der Waals surface area contributed by atoms with Crippen LogP contribution in [0.4, 0.5) is 5.69 Å². The number of ether oxygens (including phenoxy) is 1. The van der Waals surface area contributed by atoms with Crippen LogP contribution in [0.2, 0.25) is 0 Å². The third-order valence-electron chi connectivity index (χ3n) is 7.30. The Morgan fingerprint density at radius 1 is 0.971 bits per heavy atom. The summed E-state index contributed by atoms with van der Waals surface area (Å²) in [6, 6.07) is 23.9. The maximum Gasteiger partial charge on any atom is 0.316 e. The molecule has 3 aromatic rings. The van der Waals surface area contributed by atoms with Crippen molar-refractivity contribution >= 4 is 21.7 Å². The first kappa shape index (κ1) is 22.6. The van der Waals surface area contributed by atoms with Gasteiger partial charge in [0.2, 0.25) is 0 Å². The predicted octanol–water partition coefficient (Wildman–Crippen LogP) is 4.13. The smallest absolute Gasteiger partial charge is 0.316 e. The molecule has 0 unspecified atom stereocenters. The van der Waals surface area contributed by atoms with E-state index < -0.39 is 21.4 Å². The van der Waals surface area contributed by atoms with Gasteiger partial charge >= 0.3 is 5.97 Å². The Hall–Kier alpha value is -3.16. The van der Waals surface area contributed by atoms with E-state index in [9.17, 15) is 13.2 Å². The lowest BCUT2D eigenvalue weighted by atomic mass is 9.66. The summed E-state index contributed by atoms with van der Waals surface area (Å²) in [4.78, 5) is 16.1. The van der Waals surface area contributed by atoms with E-state index in [1.54, 1.807) is 24.3 Å². The molecule has 7 heteroatoms. The van der Waals surface area contributed by atoms with E-state index in [4.69, 9.17) is 4.74 Å². The number of hydrogen-bond acceptors (Lipinski definition) is 5. The molecule has 6 nitrogen and oxygen atoms in total. The zero-order chi connectivity index (χ0) is 24.1. The number of esters is 1. The van der Waals surface area contributed by atoms with Gasteiger partial charge in [-0.05, 0) is 43.3 Å². The average Bonchev–Trinajstić information content (AvgIpc) is 3.17. The van der Waals surface area contributed by atoms with Gasteiger partial charge in [-0.15, -0.1) is 0 Å². The van der Waals surface area contributed by atoms with Gasteiger partial charge in [0, 0.05) is 12.5 Å². The Morgan fingerprint density at radius 3 is 2.29 bits per heavy atom. The number of methoxy groups -OCH3 is 1. The zero-order valence-corrected chi connectivity index (χ0v) is 20.3. The Labute approximate surface area is 200 Å². The fraction of sp³-hybridized carbons (Fsp3) is 0.296. The SMILES string of the molecule is COC(=O)[C@]12CN(S(=O)(=O)c3ccc(C)cc3)c3ccccc3[C@H]1N(C)C[C@H]2c1ccccc1. The second-order valence-electron chi connectivity index (χ2n) is 9.22. The highest BCUT2D eigenvalue weighted by atomic mass is 32.2. The number of likely N-dealkylation sites (N-methyl/N-ethyl adjacent to an activating group) is 1. The number of benzene rings is 3. The van der Waals surface area contributed by atoms with E-state index >= 15 is 0 Å². The van der Waals surface area contributed by atoms with Crippen molar-refractivity contribution in [2.45, 2.75) is 23.8 Å².